The second kappa shape index (κ2) is 8.20. The summed E-state index contributed by atoms with van der Waals surface area (Å²) >= 11 is 0. The fourth-order valence-electron chi connectivity index (χ4n) is 3.04. The Morgan fingerprint density at radius 2 is 1.93 bits per heavy atom. The lowest BCUT2D eigenvalue weighted by molar-refractivity contribution is -0.152. The van der Waals surface area contributed by atoms with Crippen molar-refractivity contribution in [3.05, 3.63) is 35.9 Å². The largest absolute Gasteiger partial charge is 0.455 e. The van der Waals surface area contributed by atoms with Crippen molar-refractivity contribution >= 4 is 23.8 Å². The number of carbonyl (C=O) groups is 4. The third-order valence-electron chi connectivity index (χ3n) is 4.75. The predicted molar refractivity (Wildman–Crippen MR) is 95.3 cm³/mol. The molecular formula is C19H23N3O5. The van der Waals surface area contributed by atoms with Crippen molar-refractivity contribution in [2.75, 3.05) is 13.2 Å². The van der Waals surface area contributed by atoms with Crippen LogP contribution in [0.5, 0.6) is 0 Å². The summed E-state index contributed by atoms with van der Waals surface area (Å²) in [5, 5.41) is 4.72. The van der Waals surface area contributed by atoms with Gasteiger partial charge in [0, 0.05) is 19.0 Å². The lowest BCUT2D eigenvalue weighted by Gasteiger charge is -2.25. The fourth-order valence-corrected chi connectivity index (χ4v) is 3.04. The van der Waals surface area contributed by atoms with E-state index in [9.17, 15) is 19.2 Å². The fraction of sp³-hybridized carbons (Fsp3) is 0.474. The van der Waals surface area contributed by atoms with Crippen LogP contribution in [-0.4, -0.2) is 47.9 Å². The number of likely N-dealkylation sites (tertiary alicyclic amines) is 1. The molecule has 144 valence electrons. The van der Waals surface area contributed by atoms with Gasteiger partial charge in [-0.1, -0.05) is 30.3 Å². The maximum Gasteiger partial charge on any atom is 0.321 e. The van der Waals surface area contributed by atoms with Gasteiger partial charge in [-0.25, -0.2) is 4.79 Å². The summed E-state index contributed by atoms with van der Waals surface area (Å²) in [6.45, 7) is 1.61. The Morgan fingerprint density at radius 1 is 1.22 bits per heavy atom. The van der Waals surface area contributed by atoms with Gasteiger partial charge < -0.3 is 15.0 Å². The number of ether oxygens (including phenoxy) is 1. The van der Waals surface area contributed by atoms with Crippen LogP contribution in [0.4, 0.5) is 4.79 Å². The highest BCUT2D eigenvalue weighted by atomic mass is 16.5. The van der Waals surface area contributed by atoms with Gasteiger partial charge in [-0.15, -0.1) is 0 Å². The van der Waals surface area contributed by atoms with E-state index in [4.69, 9.17) is 4.74 Å². The first-order valence-electron chi connectivity index (χ1n) is 9.05. The normalized spacial score (nSPS) is 20.1. The van der Waals surface area contributed by atoms with Gasteiger partial charge in [0.25, 0.3) is 5.91 Å². The van der Waals surface area contributed by atoms with E-state index < -0.39 is 30.4 Å². The van der Waals surface area contributed by atoms with E-state index in [0.29, 0.717) is 0 Å². The summed E-state index contributed by atoms with van der Waals surface area (Å²) in [7, 11) is 0. The number of imide groups is 1. The molecule has 0 radical (unpaired) electrons. The van der Waals surface area contributed by atoms with Crippen molar-refractivity contribution in [3.63, 3.8) is 0 Å². The molecule has 0 bridgehead atoms. The molecule has 1 heterocycles. The second-order valence-corrected chi connectivity index (χ2v) is 6.94. The van der Waals surface area contributed by atoms with Crippen molar-refractivity contribution in [2.24, 2.45) is 5.92 Å². The first kappa shape index (κ1) is 18.9. The minimum atomic E-state index is -0.694. The van der Waals surface area contributed by atoms with Crippen molar-refractivity contribution in [1.82, 2.24) is 15.5 Å². The predicted octanol–water partition coefficient (Wildman–Crippen LogP) is 1.13. The molecule has 1 aliphatic carbocycles. The van der Waals surface area contributed by atoms with Crippen LogP contribution in [0.15, 0.2) is 30.3 Å². The number of amides is 4. The Balaban J connectivity index is 1.45. The number of nitrogens with zero attached hydrogens (tertiary/aromatic N) is 1. The van der Waals surface area contributed by atoms with Crippen molar-refractivity contribution < 1.29 is 23.9 Å². The Hall–Kier alpha value is -2.90. The highest BCUT2D eigenvalue weighted by molar-refractivity contribution is 5.96. The number of rotatable bonds is 6. The average Bonchev–Trinajstić information content (AvgIpc) is 3.38. The van der Waals surface area contributed by atoms with Crippen molar-refractivity contribution in [1.29, 1.82) is 0 Å². The van der Waals surface area contributed by atoms with Crippen LogP contribution in [0, 0.1) is 5.92 Å². The Labute approximate surface area is 157 Å². The molecule has 0 aromatic heterocycles. The van der Waals surface area contributed by atoms with E-state index in [1.54, 1.807) is 4.90 Å². The Morgan fingerprint density at radius 3 is 2.59 bits per heavy atom. The van der Waals surface area contributed by atoms with Crippen LogP contribution in [-0.2, 0) is 19.1 Å². The molecule has 1 saturated carbocycles. The van der Waals surface area contributed by atoms with Crippen molar-refractivity contribution in [2.45, 2.75) is 38.3 Å². The monoisotopic (exact) mass is 373 g/mol. The first-order chi connectivity index (χ1) is 12.9. The Kier molecular flexibility index (Phi) is 5.73. The highest BCUT2D eigenvalue weighted by Gasteiger charge is 2.38. The number of urea groups is 1. The molecule has 27 heavy (non-hydrogen) atoms. The molecule has 3 rings (SSSR count). The quantitative estimate of drug-likeness (QED) is 0.727. The maximum atomic E-state index is 12.3. The lowest BCUT2D eigenvalue weighted by atomic mass is 10.1. The van der Waals surface area contributed by atoms with Gasteiger partial charge in [-0.05, 0) is 25.3 Å². The van der Waals surface area contributed by atoms with Crippen molar-refractivity contribution in [3.8, 4) is 0 Å². The summed E-state index contributed by atoms with van der Waals surface area (Å²) in [6, 6.07) is 8.96. The molecular weight excluding hydrogens is 350 g/mol. The zero-order chi connectivity index (χ0) is 19.4. The third kappa shape index (κ3) is 5.06. The molecule has 1 aromatic rings. The van der Waals surface area contributed by atoms with Crippen LogP contribution in [0.1, 0.15) is 37.8 Å². The third-order valence-corrected chi connectivity index (χ3v) is 4.75. The summed E-state index contributed by atoms with van der Waals surface area (Å²) < 4.78 is 4.98. The van der Waals surface area contributed by atoms with Gasteiger partial charge in [0.1, 0.15) is 0 Å². The number of hydrogen-bond acceptors (Lipinski definition) is 5. The van der Waals surface area contributed by atoms with Gasteiger partial charge in [0.2, 0.25) is 5.91 Å². The van der Waals surface area contributed by atoms with Gasteiger partial charge in [0.05, 0.1) is 12.0 Å². The summed E-state index contributed by atoms with van der Waals surface area (Å²) in [6.07, 6.45) is 1.87. The highest BCUT2D eigenvalue weighted by Crippen LogP contribution is 2.28. The van der Waals surface area contributed by atoms with Crippen LogP contribution < -0.4 is 10.6 Å². The number of esters is 1. The van der Waals surface area contributed by atoms with Gasteiger partial charge >= 0.3 is 12.0 Å². The van der Waals surface area contributed by atoms with E-state index >= 15 is 0 Å². The van der Waals surface area contributed by atoms with Crippen LogP contribution >= 0.6 is 0 Å². The number of carbonyl (C=O) groups excluding carboxylic acids is 4. The first-order valence-corrected chi connectivity index (χ1v) is 9.05. The molecule has 2 aliphatic rings. The number of nitrogens with one attached hydrogen (secondary N) is 2. The number of benzene rings is 1. The lowest BCUT2D eigenvalue weighted by Crippen LogP contribution is -2.42. The maximum absolute atomic E-state index is 12.3. The molecule has 1 aliphatic heterocycles. The molecule has 2 N–H and O–H groups in total. The molecule has 0 unspecified atom stereocenters. The van der Waals surface area contributed by atoms with E-state index in [-0.39, 0.29) is 31.0 Å². The SMILES string of the molecule is C[C@@H](c1ccccc1)N1C[C@H](C(=O)OCC(=O)NC(=O)NC2CC2)CC1=O. The molecule has 1 saturated heterocycles. The molecule has 4 amide bonds. The minimum absolute atomic E-state index is 0.0553. The molecule has 2 atom stereocenters. The van der Waals surface area contributed by atoms with E-state index in [1.807, 2.05) is 37.3 Å². The van der Waals surface area contributed by atoms with Crippen LogP contribution in [0.3, 0.4) is 0 Å². The molecule has 1 aromatic carbocycles. The van der Waals surface area contributed by atoms with E-state index in [1.165, 1.54) is 0 Å². The van der Waals surface area contributed by atoms with Crippen LogP contribution in [0.2, 0.25) is 0 Å². The molecule has 8 nitrogen and oxygen atoms in total. The topological polar surface area (TPSA) is 105 Å². The van der Waals surface area contributed by atoms with E-state index in [2.05, 4.69) is 10.6 Å². The summed E-state index contributed by atoms with van der Waals surface area (Å²) in [4.78, 5) is 49.3. The zero-order valence-corrected chi connectivity index (χ0v) is 15.1. The summed E-state index contributed by atoms with van der Waals surface area (Å²) in [5.41, 5.74) is 0.987. The molecule has 0 spiro atoms. The average molecular weight is 373 g/mol. The van der Waals surface area contributed by atoms with Gasteiger partial charge in [0.15, 0.2) is 6.61 Å². The number of hydrogen-bond donors (Lipinski definition) is 2. The molecule has 2 fully saturated rings. The van der Waals surface area contributed by atoms with E-state index in [0.717, 1.165) is 18.4 Å². The van der Waals surface area contributed by atoms with Crippen LogP contribution in [0.25, 0.3) is 0 Å². The second-order valence-electron chi connectivity index (χ2n) is 6.94. The Bertz CT molecular complexity index is 732. The van der Waals surface area contributed by atoms with Gasteiger partial charge in [-0.3, -0.25) is 19.7 Å². The molecule has 8 heteroatoms. The zero-order valence-electron chi connectivity index (χ0n) is 15.1. The summed E-state index contributed by atoms with van der Waals surface area (Å²) in [5.74, 6) is -2.04. The standard InChI is InChI=1S/C19H23N3O5/c1-12(13-5-3-2-4-6-13)22-10-14(9-17(22)24)18(25)27-11-16(23)21-19(26)20-15-7-8-15/h2-6,12,14-15H,7-11H2,1H3,(H2,20,21,23,26)/t12-,14+/m0/s1. The minimum Gasteiger partial charge on any atom is -0.455 e. The smallest absolute Gasteiger partial charge is 0.321 e. The van der Waals surface area contributed by atoms with Gasteiger partial charge in [-0.2, -0.15) is 0 Å².